The molecule has 4 nitrogen and oxygen atoms in total. The van der Waals surface area contributed by atoms with Crippen molar-refractivity contribution in [1.29, 1.82) is 0 Å². The molecular formula is C25H23ClN2O2. The van der Waals surface area contributed by atoms with Gasteiger partial charge in [-0.05, 0) is 42.3 Å². The molecule has 0 amide bonds. The number of para-hydroxylation sites is 4. The first-order valence-corrected chi connectivity index (χ1v) is 10.3. The van der Waals surface area contributed by atoms with E-state index in [1.165, 1.54) is 0 Å². The highest BCUT2D eigenvalue weighted by Gasteiger charge is 2.12. The van der Waals surface area contributed by atoms with Crippen molar-refractivity contribution in [3.8, 4) is 11.5 Å². The van der Waals surface area contributed by atoms with Crippen LogP contribution in [0.15, 0.2) is 85.5 Å². The zero-order chi connectivity index (χ0) is 20.8. The minimum absolute atomic E-state index is 0.370. The summed E-state index contributed by atoms with van der Waals surface area (Å²) >= 11 is 6.20. The fourth-order valence-corrected chi connectivity index (χ4v) is 3.60. The molecule has 0 aliphatic rings. The lowest BCUT2D eigenvalue weighted by atomic mass is 10.1. The number of benzene rings is 3. The molecule has 5 heteroatoms. The number of hydrogen-bond donors (Lipinski definition) is 0. The van der Waals surface area contributed by atoms with Crippen LogP contribution >= 0.6 is 11.6 Å². The Kier molecular flexibility index (Phi) is 6.35. The van der Waals surface area contributed by atoms with Gasteiger partial charge in [-0.3, -0.25) is 0 Å². The van der Waals surface area contributed by atoms with Crippen molar-refractivity contribution >= 4 is 22.6 Å². The molecule has 0 aliphatic carbocycles. The van der Waals surface area contributed by atoms with Gasteiger partial charge in [-0.2, -0.15) is 0 Å². The smallest absolute Gasteiger partial charge is 0.148 e. The first kappa shape index (κ1) is 20.0. The summed E-state index contributed by atoms with van der Waals surface area (Å²) in [5.74, 6) is 2.38. The lowest BCUT2D eigenvalue weighted by Gasteiger charge is -2.13. The van der Waals surface area contributed by atoms with E-state index in [-0.39, 0.29) is 0 Å². The Morgan fingerprint density at radius 1 is 0.900 bits per heavy atom. The summed E-state index contributed by atoms with van der Waals surface area (Å²) in [6, 6.07) is 23.6. The quantitative estimate of drug-likeness (QED) is 0.309. The normalized spacial score (nSPS) is 10.8. The highest BCUT2D eigenvalue weighted by atomic mass is 35.5. The minimum atomic E-state index is 0.370. The molecule has 0 unspecified atom stereocenters. The molecule has 1 aromatic heterocycles. The van der Waals surface area contributed by atoms with E-state index in [9.17, 15) is 0 Å². The number of halogens is 1. The molecule has 0 fully saturated rings. The van der Waals surface area contributed by atoms with E-state index in [1.54, 1.807) is 0 Å². The molecule has 4 rings (SSSR count). The van der Waals surface area contributed by atoms with Gasteiger partial charge in [-0.1, -0.05) is 60.1 Å². The van der Waals surface area contributed by atoms with Crippen LogP contribution < -0.4 is 9.47 Å². The highest BCUT2D eigenvalue weighted by molar-refractivity contribution is 6.32. The largest absolute Gasteiger partial charge is 0.490 e. The van der Waals surface area contributed by atoms with E-state index in [0.29, 0.717) is 30.5 Å². The van der Waals surface area contributed by atoms with Crippen molar-refractivity contribution in [2.45, 2.75) is 19.6 Å². The molecule has 0 radical (unpaired) electrons. The maximum Gasteiger partial charge on any atom is 0.148 e. The molecule has 0 atom stereocenters. The van der Waals surface area contributed by atoms with Crippen molar-refractivity contribution in [1.82, 2.24) is 9.55 Å². The number of allylic oxidation sites excluding steroid dienone is 1. The number of rotatable bonds is 9. The predicted octanol–water partition coefficient (Wildman–Crippen LogP) is 6.08. The van der Waals surface area contributed by atoms with Crippen LogP contribution in [0.2, 0.25) is 5.02 Å². The fraction of sp³-hybridized carbons (Fsp3) is 0.160. The van der Waals surface area contributed by atoms with Gasteiger partial charge in [-0.15, -0.1) is 6.58 Å². The van der Waals surface area contributed by atoms with Crippen LogP contribution in [-0.4, -0.2) is 16.2 Å². The lowest BCUT2D eigenvalue weighted by molar-refractivity contribution is 0.271. The molecule has 3 aromatic carbocycles. The van der Waals surface area contributed by atoms with Crippen molar-refractivity contribution in [2.75, 3.05) is 6.61 Å². The van der Waals surface area contributed by atoms with Crippen molar-refractivity contribution in [3.63, 3.8) is 0 Å². The summed E-state index contributed by atoms with van der Waals surface area (Å²) in [5, 5.41) is 0.607. The van der Waals surface area contributed by atoms with Crippen LogP contribution in [0, 0.1) is 0 Å². The second kappa shape index (κ2) is 9.51. The molecule has 30 heavy (non-hydrogen) atoms. The zero-order valence-corrected chi connectivity index (χ0v) is 17.4. The van der Waals surface area contributed by atoms with Crippen LogP contribution in [0.3, 0.4) is 0 Å². The van der Waals surface area contributed by atoms with Crippen LogP contribution in [0.25, 0.3) is 11.0 Å². The van der Waals surface area contributed by atoms with Crippen LogP contribution in [0.5, 0.6) is 11.5 Å². The van der Waals surface area contributed by atoms with Crippen molar-refractivity contribution in [2.24, 2.45) is 0 Å². The number of nitrogens with zero attached hydrogens (tertiary/aromatic N) is 2. The molecule has 0 spiro atoms. The van der Waals surface area contributed by atoms with Gasteiger partial charge in [0.15, 0.2) is 0 Å². The standard InChI is InChI=1S/C25H23ClN2O2/c1-2-9-19-10-3-7-14-23(19)30-18-25-27-21-12-5-6-13-22(21)28(25)16-17-29-24-15-8-4-11-20(24)26/h2-8,10-15H,1,9,16-18H2. The van der Waals surface area contributed by atoms with E-state index in [0.717, 1.165) is 34.6 Å². The molecule has 0 N–H and O–H groups in total. The van der Waals surface area contributed by atoms with Gasteiger partial charge in [0, 0.05) is 0 Å². The van der Waals surface area contributed by atoms with Crippen molar-refractivity contribution in [3.05, 3.63) is 102 Å². The second-order valence-corrected chi connectivity index (χ2v) is 7.24. The minimum Gasteiger partial charge on any atom is -0.490 e. The SMILES string of the molecule is C=CCc1ccccc1OCc1nc2ccccc2n1CCOc1ccccc1Cl. The van der Waals surface area contributed by atoms with E-state index < -0.39 is 0 Å². The fourth-order valence-electron chi connectivity index (χ4n) is 3.40. The number of hydrogen-bond acceptors (Lipinski definition) is 3. The van der Waals surface area contributed by atoms with Crippen LogP contribution in [0.1, 0.15) is 11.4 Å². The molecular weight excluding hydrogens is 396 g/mol. The first-order valence-electron chi connectivity index (χ1n) is 9.89. The first-order chi connectivity index (χ1) is 14.8. The number of ether oxygens (including phenoxy) is 2. The third-order valence-electron chi connectivity index (χ3n) is 4.84. The monoisotopic (exact) mass is 418 g/mol. The maximum absolute atomic E-state index is 6.20. The molecule has 0 aliphatic heterocycles. The number of aromatic nitrogens is 2. The zero-order valence-electron chi connectivity index (χ0n) is 16.6. The van der Waals surface area contributed by atoms with E-state index in [4.69, 9.17) is 26.1 Å². The van der Waals surface area contributed by atoms with Gasteiger partial charge in [-0.25, -0.2) is 4.98 Å². The summed E-state index contributed by atoms with van der Waals surface area (Å²) in [7, 11) is 0. The van der Waals surface area contributed by atoms with Crippen molar-refractivity contribution < 1.29 is 9.47 Å². The Hall–Kier alpha value is -3.24. The van der Waals surface area contributed by atoms with Gasteiger partial charge in [0.1, 0.15) is 30.5 Å². The van der Waals surface area contributed by atoms with Crippen LogP contribution in [-0.2, 0) is 19.6 Å². The van der Waals surface area contributed by atoms with Crippen LogP contribution in [0.4, 0.5) is 0 Å². The highest BCUT2D eigenvalue weighted by Crippen LogP contribution is 2.24. The summed E-state index contributed by atoms with van der Waals surface area (Å²) in [4.78, 5) is 4.78. The van der Waals surface area contributed by atoms with E-state index >= 15 is 0 Å². The Balaban J connectivity index is 1.53. The summed E-state index contributed by atoms with van der Waals surface area (Å²) < 4.78 is 14.2. The topological polar surface area (TPSA) is 36.3 Å². The lowest BCUT2D eigenvalue weighted by Crippen LogP contribution is -2.13. The molecule has 0 saturated heterocycles. The van der Waals surface area contributed by atoms with E-state index in [1.807, 2.05) is 66.7 Å². The molecule has 0 saturated carbocycles. The Labute approximate surface area is 181 Å². The van der Waals surface area contributed by atoms with Gasteiger partial charge in [0.2, 0.25) is 0 Å². The third-order valence-corrected chi connectivity index (χ3v) is 5.15. The molecule has 1 heterocycles. The number of fused-ring (bicyclic) bond motifs is 1. The van der Waals surface area contributed by atoms with E-state index in [2.05, 4.69) is 23.3 Å². The summed E-state index contributed by atoms with van der Waals surface area (Å²) in [6.45, 7) is 5.31. The molecule has 152 valence electrons. The number of imidazole rings is 1. The average Bonchev–Trinajstić information content (AvgIpc) is 3.12. The molecule has 4 aromatic rings. The average molecular weight is 419 g/mol. The Morgan fingerprint density at radius 3 is 2.47 bits per heavy atom. The third kappa shape index (κ3) is 4.50. The van der Waals surface area contributed by atoms with Gasteiger partial charge in [0.25, 0.3) is 0 Å². The van der Waals surface area contributed by atoms with Gasteiger partial charge in [0.05, 0.1) is 22.6 Å². The van der Waals surface area contributed by atoms with Gasteiger partial charge < -0.3 is 14.0 Å². The second-order valence-electron chi connectivity index (χ2n) is 6.84. The van der Waals surface area contributed by atoms with Gasteiger partial charge >= 0.3 is 0 Å². The predicted molar refractivity (Wildman–Crippen MR) is 121 cm³/mol. The Morgan fingerprint density at radius 2 is 1.63 bits per heavy atom. The summed E-state index contributed by atoms with van der Waals surface area (Å²) in [5.41, 5.74) is 3.10. The maximum atomic E-state index is 6.20. The molecule has 0 bridgehead atoms. The Bertz CT molecular complexity index is 1150. The summed E-state index contributed by atoms with van der Waals surface area (Å²) in [6.07, 6.45) is 2.64.